The molecule has 0 amide bonds. The summed E-state index contributed by atoms with van der Waals surface area (Å²) in [5.41, 5.74) is 0. The maximum absolute atomic E-state index is 11.6. The van der Waals surface area contributed by atoms with Crippen LogP contribution < -0.4 is 34.7 Å². The standard InChI is InChI=1S/C16H30N2O4.Na/c1-4-5-6-7-8-9-15(20)17-10-11-18(12-13(2)19)14(3)16(21)22;/h6-7,13-14,19H,4-5,8-12H2,1-3H3,(H,17,20)(H,21,22);/q;+1/p-1/b7-6+;. The zero-order valence-corrected chi connectivity index (χ0v) is 16.9. The molecule has 2 unspecified atom stereocenters. The van der Waals surface area contributed by atoms with Gasteiger partial charge >= 0.3 is 35.5 Å². The van der Waals surface area contributed by atoms with Crippen LogP contribution in [0.25, 0.3) is 0 Å². The molecule has 23 heavy (non-hydrogen) atoms. The topological polar surface area (TPSA) is 96.2 Å². The van der Waals surface area contributed by atoms with Gasteiger partial charge in [0.25, 0.3) is 0 Å². The zero-order valence-electron chi connectivity index (χ0n) is 14.9. The smallest absolute Gasteiger partial charge is 0.862 e. The van der Waals surface area contributed by atoms with Crippen LogP contribution in [0.15, 0.2) is 17.1 Å². The van der Waals surface area contributed by atoms with Crippen molar-refractivity contribution in [2.24, 2.45) is 4.99 Å². The van der Waals surface area contributed by atoms with Gasteiger partial charge in [0.1, 0.15) is 6.04 Å². The van der Waals surface area contributed by atoms with Gasteiger partial charge in [0.15, 0.2) is 0 Å². The molecule has 0 aliphatic rings. The fourth-order valence-corrected chi connectivity index (χ4v) is 1.93. The summed E-state index contributed by atoms with van der Waals surface area (Å²) in [6.07, 6.45) is 6.61. The van der Waals surface area contributed by atoms with E-state index in [1.165, 1.54) is 0 Å². The van der Waals surface area contributed by atoms with Gasteiger partial charge in [-0.15, -0.1) is 0 Å². The van der Waals surface area contributed by atoms with E-state index in [1.807, 2.05) is 6.08 Å². The Morgan fingerprint density at radius 2 is 1.91 bits per heavy atom. The number of aliphatic hydroxyl groups is 1. The molecule has 0 aliphatic carbocycles. The molecule has 0 aromatic heterocycles. The van der Waals surface area contributed by atoms with E-state index in [0.717, 1.165) is 12.8 Å². The Hall–Kier alpha value is -0.400. The molecule has 0 bridgehead atoms. The van der Waals surface area contributed by atoms with Crippen molar-refractivity contribution in [1.29, 1.82) is 0 Å². The summed E-state index contributed by atoms with van der Waals surface area (Å²) in [4.78, 5) is 16.6. The van der Waals surface area contributed by atoms with Gasteiger partial charge in [-0.05, 0) is 39.0 Å². The molecule has 7 heteroatoms. The zero-order chi connectivity index (χ0) is 17.0. The minimum absolute atomic E-state index is 0. The third kappa shape index (κ3) is 13.7. The first-order valence-electron chi connectivity index (χ1n) is 7.88. The van der Waals surface area contributed by atoms with Gasteiger partial charge in [0, 0.05) is 13.1 Å². The molecule has 0 saturated heterocycles. The molecule has 128 valence electrons. The summed E-state index contributed by atoms with van der Waals surface area (Å²) < 4.78 is 0. The minimum atomic E-state index is -0.951. The minimum Gasteiger partial charge on any atom is -0.862 e. The summed E-state index contributed by atoms with van der Waals surface area (Å²) in [5.74, 6) is -1.12. The average molecular weight is 336 g/mol. The molecule has 0 heterocycles. The summed E-state index contributed by atoms with van der Waals surface area (Å²) in [6, 6.07) is -0.711. The van der Waals surface area contributed by atoms with Crippen molar-refractivity contribution in [3.63, 3.8) is 0 Å². The number of hydrogen-bond donors (Lipinski definition) is 2. The first kappa shape index (κ1) is 24.8. The van der Waals surface area contributed by atoms with E-state index in [0.29, 0.717) is 19.4 Å². The Kier molecular flexibility index (Phi) is 16.4. The summed E-state index contributed by atoms with van der Waals surface area (Å²) in [5, 5.41) is 30.0. The second-order valence-electron chi connectivity index (χ2n) is 5.43. The second kappa shape index (κ2) is 15.1. The number of unbranched alkanes of at least 4 members (excludes halogenated alkanes) is 1. The molecule has 0 saturated carbocycles. The maximum atomic E-state index is 11.6. The number of rotatable bonds is 12. The van der Waals surface area contributed by atoms with Crippen LogP contribution in [0, 0.1) is 0 Å². The quantitative estimate of drug-likeness (QED) is 0.187. The number of carboxylic acid groups (broad SMARTS) is 1. The van der Waals surface area contributed by atoms with Gasteiger partial charge in [-0.2, -0.15) is 0 Å². The number of aliphatic carboxylic acids is 1. The normalized spacial score (nSPS) is 14.7. The van der Waals surface area contributed by atoms with E-state index >= 15 is 0 Å². The SMILES string of the molecule is CCC/C=C/CCC([O-])=NCCN(CC(C)O)C(C)C(=O)O.[Na+]. The molecule has 0 aromatic rings. The number of carbonyl (C=O) groups is 1. The molecule has 2 atom stereocenters. The number of hydrogen-bond acceptors (Lipinski definition) is 5. The molecular weight excluding hydrogens is 307 g/mol. The number of allylic oxidation sites excluding steroid dienone is 2. The number of aliphatic imine (C=N–C) groups is 1. The van der Waals surface area contributed by atoms with Gasteiger partial charge in [-0.25, -0.2) is 0 Å². The first-order valence-corrected chi connectivity index (χ1v) is 7.88. The van der Waals surface area contributed by atoms with Gasteiger partial charge in [-0.3, -0.25) is 9.69 Å². The molecule has 0 aromatic carbocycles. The maximum Gasteiger partial charge on any atom is 1.00 e. The Morgan fingerprint density at radius 3 is 2.43 bits per heavy atom. The van der Waals surface area contributed by atoms with Gasteiger partial charge in [0.2, 0.25) is 0 Å². The van der Waals surface area contributed by atoms with E-state index in [4.69, 9.17) is 5.11 Å². The van der Waals surface area contributed by atoms with Gasteiger partial charge in [-0.1, -0.05) is 25.5 Å². The van der Waals surface area contributed by atoms with Crippen molar-refractivity contribution in [3.8, 4) is 0 Å². The second-order valence-corrected chi connectivity index (χ2v) is 5.43. The van der Waals surface area contributed by atoms with E-state index in [-0.39, 0.29) is 48.5 Å². The van der Waals surface area contributed by atoms with Crippen LogP contribution >= 0.6 is 0 Å². The average Bonchev–Trinajstić information content (AvgIpc) is 2.44. The number of aliphatic hydroxyl groups excluding tert-OH is 1. The third-order valence-corrected chi connectivity index (χ3v) is 3.23. The van der Waals surface area contributed by atoms with Crippen molar-refractivity contribution >= 4 is 11.9 Å². The largest absolute Gasteiger partial charge is 1.00 e. The first-order chi connectivity index (χ1) is 10.4. The predicted molar refractivity (Wildman–Crippen MR) is 85.9 cm³/mol. The third-order valence-electron chi connectivity index (χ3n) is 3.23. The Morgan fingerprint density at radius 1 is 1.30 bits per heavy atom. The van der Waals surface area contributed by atoms with Gasteiger partial charge in [0.05, 0.1) is 12.6 Å². The van der Waals surface area contributed by atoms with Crippen LogP contribution in [0.1, 0.15) is 46.5 Å². The molecule has 0 rings (SSSR count). The van der Waals surface area contributed by atoms with E-state index in [1.54, 1.807) is 18.7 Å². The van der Waals surface area contributed by atoms with Crippen LogP contribution in [0.4, 0.5) is 0 Å². The number of nitrogens with zero attached hydrogens (tertiary/aromatic N) is 2. The number of carboxylic acids is 1. The van der Waals surface area contributed by atoms with Crippen molar-refractivity contribution in [1.82, 2.24) is 4.90 Å². The van der Waals surface area contributed by atoms with E-state index in [2.05, 4.69) is 18.0 Å². The van der Waals surface area contributed by atoms with Crippen LogP contribution in [0.2, 0.25) is 0 Å². The fourth-order valence-electron chi connectivity index (χ4n) is 1.93. The van der Waals surface area contributed by atoms with Crippen LogP contribution in [0.5, 0.6) is 0 Å². The van der Waals surface area contributed by atoms with Gasteiger partial charge < -0.3 is 20.3 Å². The molecule has 0 spiro atoms. The predicted octanol–water partition coefficient (Wildman–Crippen LogP) is -1.96. The van der Waals surface area contributed by atoms with Crippen LogP contribution in [-0.2, 0) is 4.79 Å². The molecule has 6 nitrogen and oxygen atoms in total. The summed E-state index contributed by atoms with van der Waals surface area (Å²) in [7, 11) is 0. The molecule has 0 aliphatic heterocycles. The Balaban J connectivity index is 0. The van der Waals surface area contributed by atoms with Crippen LogP contribution in [-0.4, -0.2) is 58.8 Å². The molecule has 0 radical (unpaired) electrons. The van der Waals surface area contributed by atoms with Crippen molar-refractivity contribution < 1.29 is 49.7 Å². The van der Waals surface area contributed by atoms with Crippen molar-refractivity contribution in [2.75, 3.05) is 19.6 Å². The molecular formula is C16H29N2NaO4. The van der Waals surface area contributed by atoms with E-state index in [9.17, 15) is 15.0 Å². The Labute approximate surface area is 161 Å². The Bertz CT molecular complexity index is 373. The molecule has 2 N–H and O–H groups in total. The van der Waals surface area contributed by atoms with Crippen LogP contribution in [0.3, 0.4) is 0 Å². The summed E-state index contributed by atoms with van der Waals surface area (Å²) in [6.45, 7) is 6.11. The van der Waals surface area contributed by atoms with E-state index < -0.39 is 18.1 Å². The summed E-state index contributed by atoms with van der Waals surface area (Å²) >= 11 is 0. The fraction of sp³-hybridized carbons (Fsp3) is 0.750. The van der Waals surface area contributed by atoms with Crippen molar-refractivity contribution in [2.45, 2.75) is 58.6 Å². The monoisotopic (exact) mass is 336 g/mol. The molecule has 0 fully saturated rings. The van der Waals surface area contributed by atoms with Crippen molar-refractivity contribution in [3.05, 3.63) is 12.2 Å².